The van der Waals surface area contributed by atoms with E-state index in [1.54, 1.807) is 0 Å². The van der Waals surface area contributed by atoms with Gasteiger partial charge in [-0.1, -0.05) is 110 Å². The Balaban J connectivity index is 0.000000285. The number of piperidine rings is 4. The normalized spacial score (nSPS) is 43.9. The molecule has 8 N–H and O–H groups in total. The number of nitrogens with zero attached hydrogens (tertiary/aromatic N) is 4. The molecule has 24 heteroatoms. The lowest BCUT2D eigenvalue weighted by molar-refractivity contribution is -0.161. The summed E-state index contributed by atoms with van der Waals surface area (Å²) in [4.78, 5) is 59.6. The van der Waals surface area contributed by atoms with Crippen LogP contribution in [-0.2, 0) is 63.8 Å². The second kappa shape index (κ2) is 43.9. The summed E-state index contributed by atoms with van der Waals surface area (Å²) in [6, 6.07) is -29.5. The first kappa shape index (κ1) is 36.1. The molecule has 0 saturated carbocycles. The van der Waals surface area contributed by atoms with E-state index in [1.165, 1.54) is 43.1 Å². The molecule has 8 aliphatic heterocycles. The van der Waals surface area contributed by atoms with Crippen molar-refractivity contribution >= 4 is 23.9 Å². The van der Waals surface area contributed by atoms with E-state index in [1.807, 2.05) is 0 Å². The van der Waals surface area contributed by atoms with Crippen LogP contribution in [0.4, 0.5) is 0 Å². The molecule has 0 aromatic heterocycles. The van der Waals surface area contributed by atoms with Crippen LogP contribution in [0, 0.1) is 70.8 Å². The van der Waals surface area contributed by atoms with Crippen LogP contribution in [0.25, 0.3) is 0 Å². The number of esters is 4. The van der Waals surface area contributed by atoms with Crippen molar-refractivity contribution in [3.8, 4) is 46.0 Å². The minimum atomic E-state index is -4.13. The van der Waals surface area contributed by atoms with Gasteiger partial charge in [0.05, 0.1) is 91.0 Å². The monoisotopic (exact) mass is 1750 g/mol. The molecule has 4 saturated heterocycles. The lowest BCUT2D eigenvalue weighted by Crippen LogP contribution is -2.51. The molecule has 24 nitrogen and oxygen atoms in total. The molecule has 4 aromatic rings. The van der Waals surface area contributed by atoms with Crippen LogP contribution in [-0.4, -0.2) is 201 Å². The number of nitrogens with two attached hydrogens (primary N) is 4. The highest BCUT2D eigenvalue weighted by atomic mass is 16.6. The Morgan fingerprint density at radius 1 is 0.367 bits per heavy atom. The molecule has 4 fully saturated rings. The number of fused-ring (bicyclic) bond motifs is 12. The molecule has 12 rings (SSSR count). The first-order chi connectivity index (χ1) is 87.0. The zero-order valence-corrected chi connectivity index (χ0v) is 67.3. The first-order valence-electron chi connectivity index (χ1n) is 75.3. The zero-order chi connectivity index (χ0) is 155. The lowest BCUT2D eigenvalue weighted by atomic mass is 9.79. The van der Waals surface area contributed by atoms with Gasteiger partial charge in [0.2, 0.25) is 0 Å². The van der Waals surface area contributed by atoms with Crippen LogP contribution in [0.3, 0.4) is 0 Å². The highest BCUT2D eigenvalue weighted by Gasteiger charge is 2.47. The van der Waals surface area contributed by atoms with E-state index >= 15 is 0 Å². The number of ether oxygens (including phenoxy) is 12. The minimum absolute atomic E-state index is 0.0177. The van der Waals surface area contributed by atoms with Gasteiger partial charge in [0, 0.05) is 197 Å². The second-order valence-corrected chi connectivity index (χ2v) is 27.8. The van der Waals surface area contributed by atoms with E-state index in [-0.39, 0.29) is 126 Å². The smallest absolute Gasteiger partial charge is 0.323 e. The molecule has 120 heavy (non-hydrogen) atoms. The Bertz CT molecular complexity index is 7380. The summed E-state index contributed by atoms with van der Waals surface area (Å²) < 4.78 is 695. The van der Waals surface area contributed by atoms with Gasteiger partial charge < -0.3 is 79.8 Å². The van der Waals surface area contributed by atoms with Crippen molar-refractivity contribution in [2.75, 3.05) is 109 Å². The number of benzene rings is 4. The largest absolute Gasteiger partial charge is 0.493 e. The maximum atomic E-state index is 13.7. The van der Waals surface area contributed by atoms with Crippen LogP contribution in [0.2, 0.25) is 0 Å². The van der Waals surface area contributed by atoms with Crippen molar-refractivity contribution in [3.05, 3.63) is 92.8 Å². The van der Waals surface area contributed by atoms with Crippen molar-refractivity contribution in [3.63, 3.8) is 0 Å². The van der Waals surface area contributed by atoms with Gasteiger partial charge in [0.25, 0.3) is 0 Å². The summed E-state index contributed by atoms with van der Waals surface area (Å²) in [5.74, 6) is -49.2. The fourth-order valence-corrected chi connectivity index (χ4v) is 14.2. The number of hydrogen-bond donors (Lipinski definition) is 4. The van der Waals surface area contributed by atoms with Crippen LogP contribution in [0.1, 0.15) is 335 Å². The fourth-order valence-electron chi connectivity index (χ4n) is 14.2. The SMILES string of the molecule is [2H]c1c2c(c([2H])c(OC)c1OC([2H])([2H])[2H])C1([2H])CC(OC(=O)[C@@]([2H])(N)C([2H])(C([2H])([2H])[2H])C([2H])([2H])[2H])C(C([2H])([2H])C([2H])(C)C([2H])([2H])[2H])CN1CC2.[2H]c1c2c(c([2H])c(OC)c1OC([2H])([2H])[2H])C1([2H])CC([2H])(OC(=O)[C@@]([2H])(N)C([2H])(C([2H])([2H])[2H])C([2H])([2H])[2H])C(C([2H])([2H])C([2H])(C)C([2H])([2H])[2H])CN1CC2.[2H]c1c2c(c([2H])c(OC)c1OC)C1([2H])CC([2H])(OC(=O)[C@@]([2H])(N)C([2H])(C([2H])([2H])[2H])C([2H])([2H])[2H])C(C([2H])([2H])C([2H])(C)C([2H])([2H])[2H])CN1CC2.[2H]c1c2c(c([2H])c(OC)c1OC)C1([2H])CC([2H])(OC(=O)[C@@]([2H])(N)C([2H])(C([2H])([2H])[2H])C([2H])([2H])[2H])C(C([2H])([2H])C([2H])(C)C([2H])([2H])[2H])CN1CC2. The zero-order valence-electron chi connectivity index (χ0n) is 144. The summed E-state index contributed by atoms with van der Waals surface area (Å²) in [5, 5.41) is 0. The van der Waals surface area contributed by atoms with Crippen LogP contribution >= 0.6 is 0 Å². The number of rotatable bonds is 28. The van der Waals surface area contributed by atoms with Gasteiger partial charge in [-0.25, -0.2) is 0 Å². The summed E-state index contributed by atoms with van der Waals surface area (Å²) in [6.45, 7) is -45.9. The summed E-state index contributed by atoms with van der Waals surface area (Å²) in [7, 11) is 0.633. The van der Waals surface area contributed by atoms with E-state index in [2.05, 4.69) is 0 Å². The Labute approximate surface area is 826 Å². The molecule has 0 amide bonds. The Morgan fingerprint density at radius 2 is 0.600 bits per heavy atom. The predicted octanol–water partition coefficient (Wildman–Crippen LogP) is 14.3. The number of hydrogen-bond acceptors (Lipinski definition) is 24. The molecule has 0 spiro atoms. The summed E-state index contributed by atoms with van der Waals surface area (Å²) in [6.07, 6.45) is -29.9. The Kier molecular flexibility index (Phi) is 13.2. The fraction of sp³-hybridized carbons (Fsp3) is 0.708. The first-order valence-corrected chi connectivity index (χ1v) is 36.8. The van der Waals surface area contributed by atoms with Crippen molar-refractivity contribution in [2.24, 2.45) is 93.8 Å². The van der Waals surface area contributed by atoms with Gasteiger partial charge in [-0.2, -0.15) is 0 Å². The van der Waals surface area contributed by atoms with E-state index in [9.17, 15) is 28.8 Å². The molecule has 672 valence electrons. The average molecular weight is 1750 g/mol. The molecule has 16 unspecified atom stereocenters. The molecule has 0 aliphatic carbocycles. The van der Waals surface area contributed by atoms with Gasteiger partial charge in [-0.05, 0) is 191 Å². The topological polar surface area (TPSA) is 296 Å². The van der Waals surface area contributed by atoms with Crippen LogP contribution < -0.4 is 60.8 Å². The van der Waals surface area contributed by atoms with Crippen LogP contribution in [0.15, 0.2) is 48.3 Å². The maximum absolute atomic E-state index is 13.7. The number of methoxy groups -OCH3 is 8. The molecule has 0 bridgehead atoms. The Hall–Kier alpha value is -7.16. The highest BCUT2D eigenvalue weighted by Crippen LogP contribution is 2.50. The lowest BCUT2D eigenvalue weighted by Gasteiger charge is -2.47. The number of carbonyl (C=O) groups excluding carboxylic acids is 4. The van der Waals surface area contributed by atoms with E-state index in [0.29, 0.717) is 6.92 Å². The third-order valence-electron chi connectivity index (χ3n) is 19.8. The third-order valence-corrected chi connectivity index (χ3v) is 19.8. The van der Waals surface area contributed by atoms with Gasteiger partial charge in [0.15, 0.2) is 46.0 Å². The van der Waals surface area contributed by atoms with E-state index in [0.717, 1.165) is 39.9 Å². The molecule has 8 heterocycles. The van der Waals surface area contributed by atoms with Crippen molar-refractivity contribution < 1.29 is 182 Å². The second-order valence-electron chi connectivity index (χ2n) is 27.8. The Morgan fingerprint density at radius 3 is 0.850 bits per heavy atom. The van der Waals surface area contributed by atoms with Gasteiger partial charge in [-0.15, -0.1) is 0 Å². The van der Waals surface area contributed by atoms with Crippen molar-refractivity contribution in [1.82, 2.24) is 19.6 Å². The third kappa shape index (κ3) is 23.8. The molecule has 20 atom stereocenters. The molecule has 4 aromatic carbocycles. The van der Waals surface area contributed by atoms with Crippen molar-refractivity contribution in [1.29, 1.82) is 0 Å². The predicted molar refractivity (Wildman–Crippen MR) is 471 cm³/mol. The highest BCUT2D eigenvalue weighted by molar-refractivity contribution is 5.77. The quantitative estimate of drug-likeness (QED) is 0.0303. The number of carbonyl (C=O) groups is 4. The maximum Gasteiger partial charge on any atom is 0.323 e. The van der Waals surface area contributed by atoms with E-state index < -0.39 is 406 Å². The van der Waals surface area contributed by atoms with Gasteiger partial charge in [0.1, 0.15) is 48.4 Å². The molecular weight excluding hydrogens is 1520 g/mol. The molecule has 8 aliphatic rings. The minimum Gasteiger partial charge on any atom is -0.493 e. The standard InChI is InChI=1S/4C24H38N2O4/c4*1-14(2)9-17-13-26-8-7-16-10-21(28-5)22(29-6)11-18(16)19(26)12-20(17)30-24(27)23(25)15(3)4/h4*10-11,14-15,17,19-20,23H,7-9,12-13,25H2,1-6H3/t4*17?,19?,20?,23-/m0000/s1/i1D3,3D3,4D3,5D3,9D2,10D,11D,14D,15D,19D,20D,23D;2*1D3,3D3,4D3,9D2,10D,11D,14D,15D,19D,20D,23D;1D3,3D3,4D3,5D3,9D2,10D,11D,14D,15D,19D,23D/t4*14?,17?,19?,20?,23-. The van der Waals surface area contributed by atoms with Gasteiger partial charge in [-0.3, -0.25) is 38.8 Å². The summed E-state index contributed by atoms with van der Waals surface area (Å²) in [5.41, 5.74) is 21.5. The summed E-state index contributed by atoms with van der Waals surface area (Å²) >= 11 is 0. The van der Waals surface area contributed by atoms with E-state index in [4.69, 9.17) is 176 Å². The average Bonchev–Trinajstić information content (AvgIpc) is 0.706. The van der Waals surface area contributed by atoms with Gasteiger partial charge >= 0.3 is 23.9 Å². The molecule has 0 radical (unpaired) electrons. The van der Waals surface area contributed by atoms with Crippen molar-refractivity contribution in [2.45, 2.75) is 259 Å². The van der Waals surface area contributed by atoms with Crippen LogP contribution in [0.5, 0.6) is 46.0 Å². The molecular formula is C96H152N8O16.